The zero-order valence-corrected chi connectivity index (χ0v) is 18.0. The number of hydrogen-bond acceptors (Lipinski definition) is 1. The third kappa shape index (κ3) is 2.67. The first-order valence-corrected chi connectivity index (χ1v) is 10.8. The van der Waals surface area contributed by atoms with Crippen LogP contribution in [0.5, 0.6) is 0 Å². The van der Waals surface area contributed by atoms with Gasteiger partial charge in [0.1, 0.15) is 7.05 Å². The van der Waals surface area contributed by atoms with Crippen LogP contribution in [0.4, 0.5) is 0 Å². The summed E-state index contributed by atoms with van der Waals surface area (Å²) in [6.45, 7) is 14.0. The lowest BCUT2D eigenvalue weighted by molar-refractivity contribution is -0.635. The highest BCUT2D eigenvalue weighted by atomic mass is 32.2. The number of hydrogen-bond donors (Lipinski definition) is 0. The fourth-order valence-electron chi connectivity index (χ4n) is 4.55. The molecule has 1 aliphatic heterocycles. The van der Waals surface area contributed by atoms with Crippen molar-refractivity contribution in [3.63, 3.8) is 0 Å². The Morgan fingerprint density at radius 1 is 1.03 bits per heavy atom. The molecule has 2 nitrogen and oxygen atoms in total. The van der Waals surface area contributed by atoms with E-state index in [-0.39, 0.29) is 0 Å². The highest BCUT2D eigenvalue weighted by Crippen LogP contribution is 2.50. The summed E-state index contributed by atoms with van der Waals surface area (Å²) >= 11 is 1.87. The Morgan fingerprint density at radius 3 is 2.62 bits per heavy atom. The molecule has 2 heterocycles. The van der Waals surface area contributed by atoms with Crippen LogP contribution in [0.1, 0.15) is 25.0 Å². The van der Waals surface area contributed by atoms with Crippen molar-refractivity contribution < 1.29 is 4.57 Å². The third-order valence-electron chi connectivity index (χ3n) is 5.99. The minimum Gasteiger partial charge on any atom is -0.311 e. The second-order valence-corrected chi connectivity index (χ2v) is 9.60. The molecule has 0 radical (unpaired) electrons. The van der Waals surface area contributed by atoms with E-state index >= 15 is 0 Å². The number of rotatable bonds is 2. The molecule has 1 aromatic heterocycles. The Bertz CT molecular complexity index is 1360. The summed E-state index contributed by atoms with van der Waals surface area (Å²) in [4.78, 5) is 6.54. The summed E-state index contributed by atoms with van der Waals surface area (Å²) in [7, 11) is 2.18. The van der Waals surface area contributed by atoms with Crippen LogP contribution in [0.3, 0.4) is 0 Å². The quantitative estimate of drug-likeness (QED) is 0.245. The van der Waals surface area contributed by atoms with Crippen molar-refractivity contribution in [2.24, 2.45) is 7.05 Å². The van der Waals surface area contributed by atoms with Gasteiger partial charge in [-0.25, -0.2) is 6.57 Å². The fraction of sp³-hybridized carbons (Fsp3) is 0.231. The van der Waals surface area contributed by atoms with Gasteiger partial charge in [-0.15, -0.1) is 0 Å². The van der Waals surface area contributed by atoms with Gasteiger partial charge in [0.05, 0.1) is 22.3 Å². The Hall–Kier alpha value is -2.83. The summed E-state index contributed by atoms with van der Waals surface area (Å²) in [5, 5.41) is 3.89. The molecule has 0 fully saturated rings. The van der Waals surface area contributed by atoms with Crippen molar-refractivity contribution in [3.05, 3.63) is 77.1 Å². The Morgan fingerprint density at radius 2 is 1.83 bits per heavy atom. The molecule has 0 aliphatic carbocycles. The molecule has 0 amide bonds. The summed E-state index contributed by atoms with van der Waals surface area (Å²) in [6, 6.07) is 19.7. The first-order chi connectivity index (χ1) is 13.9. The lowest BCUT2D eigenvalue weighted by Gasteiger charge is -2.24. The average Bonchev–Trinajstić information content (AvgIpc) is 2.73. The zero-order valence-electron chi connectivity index (χ0n) is 17.2. The summed E-state index contributed by atoms with van der Waals surface area (Å²) in [5.74, 6) is 0. The molecule has 0 saturated carbocycles. The van der Waals surface area contributed by atoms with Crippen molar-refractivity contribution in [2.45, 2.75) is 42.5 Å². The van der Waals surface area contributed by atoms with Crippen LogP contribution >= 0.6 is 11.8 Å². The predicted octanol–water partition coefficient (Wildman–Crippen LogP) is 6.50. The van der Waals surface area contributed by atoms with Gasteiger partial charge in [-0.1, -0.05) is 48.2 Å². The maximum atomic E-state index is 7.70. The number of nitrogens with zero attached hydrogens (tertiary/aromatic N) is 2. The van der Waals surface area contributed by atoms with E-state index in [2.05, 4.69) is 78.0 Å². The topological polar surface area (TPSA) is 8.24 Å². The molecular formula is C26H23N2S+. The van der Waals surface area contributed by atoms with Gasteiger partial charge in [0, 0.05) is 30.2 Å². The van der Waals surface area contributed by atoms with E-state index < -0.39 is 5.54 Å². The minimum absolute atomic E-state index is 0.435. The first kappa shape index (κ1) is 18.2. The molecule has 0 saturated heterocycles. The number of fused-ring (bicyclic) bond motifs is 3. The van der Waals surface area contributed by atoms with Crippen molar-refractivity contribution in [1.29, 1.82) is 0 Å². The van der Waals surface area contributed by atoms with Crippen LogP contribution < -0.4 is 4.57 Å². The van der Waals surface area contributed by atoms with Gasteiger partial charge in [-0.2, -0.15) is 4.57 Å². The van der Waals surface area contributed by atoms with Gasteiger partial charge < -0.3 is 4.85 Å². The minimum atomic E-state index is -0.435. The van der Waals surface area contributed by atoms with Crippen molar-refractivity contribution >= 4 is 33.4 Å². The Labute approximate surface area is 176 Å². The maximum absolute atomic E-state index is 7.70. The van der Waals surface area contributed by atoms with E-state index in [0.717, 1.165) is 6.42 Å². The fourth-order valence-corrected chi connectivity index (χ4v) is 5.88. The van der Waals surface area contributed by atoms with Crippen LogP contribution in [-0.2, 0) is 13.5 Å². The van der Waals surface area contributed by atoms with E-state index in [0.29, 0.717) is 0 Å². The van der Waals surface area contributed by atoms with Crippen molar-refractivity contribution in [2.75, 3.05) is 0 Å². The SMILES string of the molecule is [C-]#[N+]C(C)(C)Cc1c2c([n+](C)c3ccccc13)-c1c(C)ccc3cccc(c13)S2. The van der Waals surface area contributed by atoms with Gasteiger partial charge in [0.15, 0.2) is 0 Å². The summed E-state index contributed by atoms with van der Waals surface area (Å²) < 4.78 is 2.35. The normalized spacial score (nSPS) is 12.8. The van der Waals surface area contributed by atoms with Gasteiger partial charge in [-0.05, 0) is 35.6 Å². The molecule has 0 unspecified atom stereocenters. The number of pyridine rings is 1. The monoisotopic (exact) mass is 395 g/mol. The lowest BCUT2D eigenvalue weighted by atomic mass is 9.89. The largest absolute Gasteiger partial charge is 0.311 e. The molecule has 3 aromatic carbocycles. The molecule has 142 valence electrons. The van der Waals surface area contributed by atoms with E-state index in [4.69, 9.17) is 6.57 Å². The van der Waals surface area contributed by atoms with Gasteiger partial charge >= 0.3 is 0 Å². The molecule has 29 heavy (non-hydrogen) atoms. The highest BCUT2D eigenvalue weighted by molar-refractivity contribution is 7.99. The number of aromatic nitrogens is 1. The van der Waals surface area contributed by atoms with Crippen molar-refractivity contribution in [1.82, 2.24) is 0 Å². The molecule has 0 N–H and O–H groups in total. The van der Waals surface area contributed by atoms with Crippen LogP contribution in [0, 0.1) is 13.5 Å². The molecule has 5 rings (SSSR count). The molecule has 3 heteroatoms. The van der Waals surface area contributed by atoms with Crippen LogP contribution in [0.25, 0.3) is 37.8 Å². The van der Waals surface area contributed by atoms with Crippen LogP contribution in [-0.4, -0.2) is 5.54 Å². The summed E-state index contributed by atoms with van der Waals surface area (Å²) in [6.07, 6.45) is 0.740. The predicted molar refractivity (Wildman–Crippen MR) is 121 cm³/mol. The van der Waals surface area contributed by atoms with Gasteiger partial charge in [0.2, 0.25) is 16.7 Å². The zero-order chi connectivity index (χ0) is 20.3. The number of aryl methyl sites for hydroxylation is 2. The lowest BCUT2D eigenvalue weighted by Crippen LogP contribution is -2.35. The van der Waals surface area contributed by atoms with E-state index in [9.17, 15) is 0 Å². The molecular weight excluding hydrogens is 372 g/mol. The van der Waals surface area contributed by atoms with E-state index in [1.807, 2.05) is 25.6 Å². The van der Waals surface area contributed by atoms with Crippen LogP contribution in [0.15, 0.2) is 64.4 Å². The van der Waals surface area contributed by atoms with E-state index in [1.165, 1.54) is 53.9 Å². The Kier molecular flexibility index (Phi) is 3.98. The number of benzene rings is 3. The molecule has 0 atom stereocenters. The smallest absolute Gasteiger partial charge is 0.231 e. The third-order valence-corrected chi connectivity index (χ3v) is 7.20. The molecule has 0 spiro atoms. The highest BCUT2D eigenvalue weighted by Gasteiger charge is 2.35. The number of para-hydroxylation sites is 1. The standard InChI is InChI=1S/C26H23N2S/c1-16-13-14-17-9-8-12-21-23(17)22(16)24-25(29-21)19(15-26(2,3)27-4)18-10-6-7-11-20(18)28(24)5/h6-14H,15H2,1-3,5H3/q+1. The van der Waals surface area contributed by atoms with Gasteiger partial charge in [-0.3, -0.25) is 0 Å². The van der Waals surface area contributed by atoms with Crippen LogP contribution in [0.2, 0.25) is 0 Å². The maximum Gasteiger partial charge on any atom is 0.231 e. The molecule has 0 bridgehead atoms. The second kappa shape index (κ2) is 6.34. The van der Waals surface area contributed by atoms with E-state index in [1.54, 1.807) is 0 Å². The Balaban J connectivity index is 1.97. The van der Waals surface area contributed by atoms with Gasteiger partial charge in [0.25, 0.3) is 0 Å². The second-order valence-electron chi connectivity index (χ2n) is 8.55. The summed E-state index contributed by atoms with van der Waals surface area (Å²) in [5.41, 5.74) is 6.00. The molecule has 1 aliphatic rings. The molecule has 4 aromatic rings. The van der Waals surface area contributed by atoms with Crippen molar-refractivity contribution in [3.8, 4) is 11.3 Å². The first-order valence-electron chi connectivity index (χ1n) is 9.94. The average molecular weight is 396 g/mol.